The summed E-state index contributed by atoms with van der Waals surface area (Å²) in [7, 11) is 0. The molecule has 0 fully saturated rings. The summed E-state index contributed by atoms with van der Waals surface area (Å²) in [6.45, 7) is 2.29. The van der Waals surface area contributed by atoms with Crippen LogP contribution in [0.15, 0.2) is 42.5 Å². The molecule has 0 radical (unpaired) electrons. The van der Waals surface area contributed by atoms with Gasteiger partial charge in [0.2, 0.25) is 0 Å². The van der Waals surface area contributed by atoms with Crippen molar-refractivity contribution in [1.82, 2.24) is 0 Å². The molecule has 0 aliphatic heterocycles. The summed E-state index contributed by atoms with van der Waals surface area (Å²) in [4.78, 5) is 10.7. The fourth-order valence-corrected chi connectivity index (χ4v) is 1.78. The lowest BCUT2D eigenvalue weighted by molar-refractivity contribution is 0.0696. The predicted octanol–water partition coefficient (Wildman–Crippen LogP) is 3.44. The van der Waals surface area contributed by atoms with E-state index in [1.165, 1.54) is 12.1 Å². The van der Waals surface area contributed by atoms with Crippen molar-refractivity contribution in [2.75, 3.05) is 5.32 Å². The van der Waals surface area contributed by atoms with E-state index in [9.17, 15) is 9.18 Å². The third kappa shape index (κ3) is 3.31. The number of hydrogen-bond acceptors (Lipinski definition) is 2. The van der Waals surface area contributed by atoms with Crippen LogP contribution in [0.5, 0.6) is 0 Å². The number of aromatic carboxylic acids is 1. The number of benzene rings is 2. The largest absolute Gasteiger partial charge is 0.478 e. The van der Waals surface area contributed by atoms with Gasteiger partial charge in [-0.2, -0.15) is 0 Å². The first-order chi connectivity index (χ1) is 9.06. The van der Waals surface area contributed by atoms with Crippen LogP contribution in [0.1, 0.15) is 21.5 Å². The molecule has 19 heavy (non-hydrogen) atoms. The maximum absolute atomic E-state index is 13.7. The van der Waals surface area contributed by atoms with E-state index in [2.05, 4.69) is 5.32 Å². The highest BCUT2D eigenvalue weighted by Gasteiger charge is 2.08. The van der Waals surface area contributed by atoms with Crippen LogP contribution in [0.4, 0.5) is 10.1 Å². The zero-order valence-corrected chi connectivity index (χ0v) is 10.5. The van der Waals surface area contributed by atoms with Gasteiger partial charge in [-0.1, -0.05) is 18.2 Å². The Morgan fingerprint density at radius 1 is 1.26 bits per heavy atom. The van der Waals surface area contributed by atoms with Crippen LogP contribution in [0.2, 0.25) is 0 Å². The molecule has 0 saturated heterocycles. The molecule has 0 amide bonds. The zero-order chi connectivity index (χ0) is 13.8. The number of anilines is 1. The van der Waals surface area contributed by atoms with Gasteiger partial charge in [0.25, 0.3) is 0 Å². The monoisotopic (exact) mass is 259 g/mol. The SMILES string of the molecule is Cc1cccc(NCc2ccc(C(=O)O)cc2F)c1. The van der Waals surface area contributed by atoms with E-state index < -0.39 is 11.8 Å². The van der Waals surface area contributed by atoms with Gasteiger partial charge in [0.1, 0.15) is 5.82 Å². The summed E-state index contributed by atoms with van der Waals surface area (Å²) in [5.74, 6) is -1.64. The predicted molar refractivity (Wildman–Crippen MR) is 71.9 cm³/mol. The Morgan fingerprint density at radius 3 is 2.68 bits per heavy atom. The quantitative estimate of drug-likeness (QED) is 0.884. The molecule has 0 heterocycles. The topological polar surface area (TPSA) is 49.3 Å². The van der Waals surface area contributed by atoms with E-state index in [0.29, 0.717) is 12.1 Å². The molecule has 0 aromatic heterocycles. The number of carboxylic acids is 1. The third-order valence-electron chi connectivity index (χ3n) is 2.80. The van der Waals surface area contributed by atoms with Crippen molar-refractivity contribution in [3.05, 3.63) is 65.0 Å². The molecule has 0 saturated carbocycles. The van der Waals surface area contributed by atoms with Crippen molar-refractivity contribution in [3.63, 3.8) is 0 Å². The van der Waals surface area contributed by atoms with Crippen LogP contribution >= 0.6 is 0 Å². The van der Waals surface area contributed by atoms with Gasteiger partial charge in [-0.15, -0.1) is 0 Å². The number of nitrogens with one attached hydrogen (secondary N) is 1. The van der Waals surface area contributed by atoms with Gasteiger partial charge in [0.05, 0.1) is 5.56 Å². The standard InChI is InChI=1S/C15H14FNO2/c1-10-3-2-4-13(7-10)17-9-12-6-5-11(15(18)19)8-14(12)16/h2-8,17H,9H2,1H3,(H,18,19). The van der Waals surface area contributed by atoms with Gasteiger partial charge in [-0.25, -0.2) is 9.18 Å². The molecule has 3 nitrogen and oxygen atoms in total. The van der Waals surface area contributed by atoms with Crippen molar-refractivity contribution in [1.29, 1.82) is 0 Å². The van der Waals surface area contributed by atoms with Gasteiger partial charge in [-0.3, -0.25) is 0 Å². The molecule has 0 aliphatic rings. The fourth-order valence-electron chi connectivity index (χ4n) is 1.78. The second-order valence-electron chi connectivity index (χ2n) is 4.33. The van der Waals surface area contributed by atoms with Crippen LogP contribution in [0.3, 0.4) is 0 Å². The minimum absolute atomic E-state index is 0.0446. The number of aryl methyl sites for hydroxylation is 1. The summed E-state index contributed by atoms with van der Waals surface area (Å²) in [6, 6.07) is 11.7. The van der Waals surface area contributed by atoms with E-state index >= 15 is 0 Å². The van der Waals surface area contributed by atoms with Gasteiger partial charge >= 0.3 is 5.97 Å². The van der Waals surface area contributed by atoms with Crippen molar-refractivity contribution < 1.29 is 14.3 Å². The van der Waals surface area contributed by atoms with Crippen LogP contribution in [-0.2, 0) is 6.54 Å². The summed E-state index contributed by atoms with van der Waals surface area (Å²) in [6.07, 6.45) is 0. The van der Waals surface area contributed by atoms with E-state index in [1.54, 1.807) is 0 Å². The minimum atomic E-state index is -1.13. The Morgan fingerprint density at radius 2 is 2.05 bits per heavy atom. The number of hydrogen-bond donors (Lipinski definition) is 2. The molecule has 2 rings (SSSR count). The highest BCUT2D eigenvalue weighted by molar-refractivity contribution is 5.87. The average molecular weight is 259 g/mol. The third-order valence-corrected chi connectivity index (χ3v) is 2.80. The molecular weight excluding hydrogens is 245 g/mol. The maximum atomic E-state index is 13.7. The van der Waals surface area contributed by atoms with Gasteiger partial charge in [0.15, 0.2) is 0 Å². The molecule has 98 valence electrons. The summed E-state index contributed by atoms with van der Waals surface area (Å²) < 4.78 is 13.7. The van der Waals surface area contributed by atoms with E-state index in [4.69, 9.17) is 5.11 Å². The fraction of sp³-hybridized carbons (Fsp3) is 0.133. The minimum Gasteiger partial charge on any atom is -0.478 e. The van der Waals surface area contributed by atoms with Crippen molar-refractivity contribution in [3.8, 4) is 0 Å². The van der Waals surface area contributed by atoms with E-state index in [1.807, 2.05) is 31.2 Å². The Labute approximate surface area is 110 Å². The highest BCUT2D eigenvalue weighted by atomic mass is 19.1. The smallest absolute Gasteiger partial charge is 0.335 e. The second kappa shape index (κ2) is 5.52. The summed E-state index contributed by atoms with van der Waals surface area (Å²) in [5, 5.41) is 11.9. The first-order valence-corrected chi connectivity index (χ1v) is 5.88. The Balaban J connectivity index is 2.10. The molecule has 0 spiro atoms. The molecule has 2 N–H and O–H groups in total. The van der Waals surface area contributed by atoms with Crippen molar-refractivity contribution in [2.45, 2.75) is 13.5 Å². The molecule has 4 heteroatoms. The lowest BCUT2D eigenvalue weighted by Gasteiger charge is -2.08. The second-order valence-corrected chi connectivity index (χ2v) is 4.33. The normalized spacial score (nSPS) is 10.2. The van der Waals surface area contributed by atoms with Crippen molar-refractivity contribution in [2.24, 2.45) is 0 Å². The van der Waals surface area contributed by atoms with Crippen LogP contribution in [0.25, 0.3) is 0 Å². The lowest BCUT2D eigenvalue weighted by atomic mass is 10.1. The van der Waals surface area contributed by atoms with Gasteiger partial charge in [0, 0.05) is 17.8 Å². The molecule has 2 aromatic carbocycles. The highest BCUT2D eigenvalue weighted by Crippen LogP contribution is 2.14. The summed E-state index contributed by atoms with van der Waals surface area (Å²) in [5.41, 5.74) is 2.41. The first kappa shape index (κ1) is 13.1. The molecule has 2 aromatic rings. The number of rotatable bonds is 4. The zero-order valence-electron chi connectivity index (χ0n) is 10.5. The lowest BCUT2D eigenvalue weighted by Crippen LogP contribution is -2.04. The molecular formula is C15H14FNO2. The van der Waals surface area contributed by atoms with E-state index in [0.717, 1.165) is 17.3 Å². The number of carbonyl (C=O) groups is 1. The Bertz CT molecular complexity index is 611. The van der Waals surface area contributed by atoms with Crippen LogP contribution < -0.4 is 5.32 Å². The average Bonchev–Trinajstić information content (AvgIpc) is 2.37. The molecule has 0 bridgehead atoms. The van der Waals surface area contributed by atoms with Gasteiger partial charge < -0.3 is 10.4 Å². The molecule has 0 atom stereocenters. The first-order valence-electron chi connectivity index (χ1n) is 5.88. The molecule has 0 aliphatic carbocycles. The number of halogens is 1. The van der Waals surface area contributed by atoms with Crippen molar-refractivity contribution >= 4 is 11.7 Å². The van der Waals surface area contributed by atoms with Crippen LogP contribution in [0, 0.1) is 12.7 Å². The Kier molecular flexibility index (Phi) is 3.80. The maximum Gasteiger partial charge on any atom is 0.335 e. The number of carboxylic acid groups (broad SMARTS) is 1. The molecule has 0 unspecified atom stereocenters. The summed E-state index contributed by atoms with van der Waals surface area (Å²) >= 11 is 0. The van der Waals surface area contributed by atoms with E-state index in [-0.39, 0.29) is 5.56 Å². The Hall–Kier alpha value is -2.36. The van der Waals surface area contributed by atoms with Gasteiger partial charge in [-0.05, 0) is 36.8 Å². The van der Waals surface area contributed by atoms with Crippen LogP contribution in [-0.4, -0.2) is 11.1 Å².